The Morgan fingerprint density at radius 1 is 0.929 bits per heavy atom. The van der Waals surface area contributed by atoms with E-state index in [0.29, 0.717) is 11.5 Å². The lowest BCUT2D eigenvalue weighted by Crippen LogP contribution is -2.33. The van der Waals surface area contributed by atoms with Crippen LogP contribution in [0.15, 0.2) is 42.5 Å². The Kier molecular flexibility index (Phi) is 6.46. The van der Waals surface area contributed by atoms with E-state index in [1.54, 1.807) is 26.4 Å². The van der Waals surface area contributed by atoms with Gasteiger partial charge in [0.15, 0.2) is 0 Å². The summed E-state index contributed by atoms with van der Waals surface area (Å²) >= 11 is 0. The maximum absolute atomic E-state index is 13.0. The molecule has 2 aromatic rings. The highest BCUT2D eigenvalue weighted by molar-refractivity contribution is 5.51. The van der Waals surface area contributed by atoms with Gasteiger partial charge in [-0.25, -0.2) is 0 Å². The topological polar surface area (TPSA) is 33.7 Å². The van der Waals surface area contributed by atoms with Gasteiger partial charge in [-0.05, 0) is 42.8 Å². The highest BCUT2D eigenvalue weighted by Crippen LogP contribution is 2.41. The van der Waals surface area contributed by atoms with Crippen LogP contribution in [-0.4, -0.2) is 45.3 Å². The van der Waals surface area contributed by atoms with Crippen molar-refractivity contribution in [3.8, 4) is 11.5 Å². The Hall–Kier alpha value is -2.25. The minimum absolute atomic E-state index is 0.270. The van der Waals surface area contributed by atoms with Gasteiger partial charge in [-0.15, -0.1) is 0 Å². The van der Waals surface area contributed by atoms with Gasteiger partial charge in [0.25, 0.3) is 0 Å². The van der Waals surface area contributed by atoms with Crippen molar-refractivity contribution in [3.05, 3.63) is 59.2 Å². The predicted octanol–water partition coefficient (Wildman–Crippen LogP) is 4.11. The van der Waals surface area contributed by atoms with Crippen molar-refractivity contribution in [1.29, 1.82) is 0 Å². The fourth-order valence-corrected chi connectivity index (χ4v) is 3.69. The summed E-state index contributed by atoms with van der Waals surface area (Å²) in [4.78, 5) is 2.27. The molecule has 1 saturated heterocycles. The number of ether oxygens (including phenoxy) is 2. The Morgan fingerprint density at radius 3 is 2.14 bits per heavy atom. The fourth-order valence-electron chi connectivity index (χ4n) is 3.69. The number of alkyl halides is 3. The summed E-state index contributed by atoms with van der Waals surface area (Å²) in [6, 6.07) is 10.7. The molecule has 1 heterocycles. The van der Waals surface area contributed by atoms with E-state index in [1.807, 2.05) is 18.2 Å². The van der Waals surface area contributed by atoms with Crippen LogP contribution in [0.25, 0.3) is 0 Å². The lowest BCUT2D eigenvalue weighted by molar-refractivity contribution is -0.137. The summed E-state index contributed by atoms with van der Waals surface area (Å²) in [5.74, 6) is 1.31. The number of hydrogen-bond acceptors (Lipinski definition) is 4. The standard InChI is InChI=1S/C21H25F3N2O2/c1-27-17-5-3-6-18(28-2)19(17)20(26-13-4-11-25-12-14-26)15-7-9-16(10-8-15)21(22,23)24/h3,5-10,20,25H,4,11-14H2,1-2H3. The molecule has 0 saturated carbocycles. The number of halogens is 3. The van der Waals surface area contributed by atoms with Crippen molar-refractivity contribution in [2.45, 2.75) is 18.6 Å². The molecule has 4 nitrogen and oxygen atoms in total. The second kappa shape index (κ2) is 8.84. The van der Waals surface area contributed by atoms with Crippen molar-refractivity contribution in [3.63, 3.8) is 0 Å². The first-order valence-electron chi connectivity index (χ1n) is 9.28. The number of nitrogens with zero attached hydrogens (tertiary/aromatic N) is 1. The van der Waals surface area contributed by atoms with Crippen LogP contribution in [0, 0.1) is 0 Å². The van der Waals surface area contributed by atoms with Gasteiger partial charge in [-0.3, -0.25) is 4.90 Å². The molecule has 0 bridgehead atoms. The molecule has 1 atom stereocenters. The minimum Gasteiger partial charge on any atom is -0.496 e. The summed E-state index contributed by atoms with van der Waals surface area (Å²) in [5, 5.41) is 3.37. The first-order valence-corrected chi connectivity index (χ1v) is 9.28. The molecule has 7 heteroatoms. The number of methoxy groups -OCH3 is 2. The van der Waals surface area contributed by atoms with Gasteiger partial charge in [-0.1, -0.05) is 18.2 Å². The van der Waals surface area contributed by atoms with Crippen LogP contribution in [0.3, 0.4) is 0 Å². The molecule has 1 aliphatic heterocycles. The number of rotatable bonds is 5. The highest BCUT2D eigenvalue weighted by atomic mass is 19.4. The zero-order valence-corrected chi connectivity index (χ0v) is 16.1. The van der Waals surface area contributed by atoms with Gasteiger partial charge in [0.05, 0.1) is 31.4 Å². The SMILES string of the molecule is COc1cccc(OC)c1C(c1ccc(C(F)(F)F)cc1)N1CCCNCC1. The zero-order chi connectivity index (χ0) is 20.1. The van der Waals surface area contributed by atoms with E-state index in [9.17, 15) is 13.2 Å². The monoisotopic (exact) mass is 394 g/mol. The van der Waals surface area contributed by atoms with Crippen molar-refractivity contribution >= 4 is 0 Å². The van der Waals surface area contributed by atoms with Crippen LogP contribution in [0.4, 0.5) is 13.2 Å². The lowest BCUT2D eigenvalue weighted by Gasteiger charge is -2.33. The Morgan fingerprint density at radius 2 is 1.57 bits per heavy atom. The van der Waals surface area contributed by atoms with E-state index in [1.165, 1.54) is 0 Å². The van der Waals surface area contributed by atoms with Crippen molar-refractivity contribution < 1.29 is 22.6 Å². The van der Waals surface area contributed by atoms with E-state index >= 15 is 0 Å². The average Bonchev–Trinajstić information content (AvgIpc) is 2.97. The zero-order valence-electron chi connectivity index (χ0n) is 16.1. The van der Waals surface area contributed by atoms with E-state index in [2.05, 4.69) is 10.2 Å². The molecule has 0 aliphatic carbocycles. The van der Waals surface area contributed by atoms with Crippen LogP contribution in [0.2, 0.25) is 0 Å². The summed E-state index contributed by atoms with van der Waals surface area (Å²) in [6.45, 7) is 3.32. The number of nitrogens with one attached hydrogen (secondary N) is 1. The van der Waals surface area contributed by atoms with Gasteiger partial charge in [0, 0.05) is 19.6 Å². The van der Waals surface area contributed by atoms with Crippen molar-refractivity contribution in [2.75, 3.05) is 40.4 Å². The molecular weight excluding hydrogens is 369 g/mol. The third kappa shape index (κ3) is 4.42. The first kappa shape index (κ1) is 20.5. The van der Waals surface area contributed by atoms with Crippen molar-refractivity contribution in [2.24, 2.45) is 0 Å². The van der Waals surface area contributed by atoms with Gasteiger partial charge < -0.3 is 14.8 Å². The Labute approximate surface area is 163 Å². The maximum atomic E-state index is 13.0. The van der Waals surface area contributed by atoms with Gasteiger partial charge in [0.2, 0.25) is 0 Å². The molecule has 28 heavy (non-hydrogen) atoms. The molecule has 152 valence electrons. The largest absolute Gasteiger partial charge is 0.496 e. The predicted molar refractivity (Wildman–Crippen MR) is 102 cm³/mol. The third-order valence-electron chi connectivity index (χ3n) is 5.03. The molecule has 3 rings (SSSR count). The van der Waals surface area contributed by atoms with Crippen LogP contribution in [-0.2, 0) is 6.18 Å². The molecule has 0 aromatic heterocycles. The second-order valence-electron chi connectivity index (χ2n) is 6.74. The van der Waals surface area contributed by atoms with E-state index in [-0.39, 0.29) is 6.04 Å². The van der Waals surface area contributed by atoms with Gasteiger partial charge in [0.1, 0.15) is 11.5 Å². The molecule has 1 unspecified atom stereocenters. The lowest BCUT2D eigenvalue weighted by atomic mass is 9.94. The summed E-state index contributed by atoms with van der Waals surface area (Å²) in [5.41, 5.74) is 0.950. The third-order valence-corrected chi connectivity index (χ3v) is 5.03. The van der Waals surface area contributed by atoms with E-state index in [0.717, 1.165) is 55.9 Å². The van der Waals surface area contributed by atoms with Gasteiger partial charge >= 0.3 is 6.18 Å². The quantitative estimate of drug-likeness (QED) is 0.828. The Balaban J connectivity index is 2.11. The molecule has 1 aliphatic rings. The molecule has 1 fully saturated rings. The normalized spacial score (nSPS) is 17.0. The van der Waals surface area contributed by atoms with Crippen LogP contribution < -0.4 is 14.8 Å². The second-order valence-corrected chi connectivity index (χ2v) is 6.74. The van der Waals surface area contributed by atoms with E-state index in [4.69, 9.17) is 9.47 Å². The fraction of sp³-hybridized carbons (Fsp3) is 0.429. The Bertz CT molecular complexity index is 748. The number of hydrogen-bond donors (Lipinski definition) is 1. The molecule has 2 aromatic carbocycles. The van der Waals surface area contributed by atoms with E-state index < -0.39 is 11.7 Å². The summed E-state index contributed by atoms with van der Waals surface area (Å²) in [6.07, 6.45) is -3.41. The molecule has 1 N–H and O–H groups in total. The first-order chi connectivity index (χ1) is 13.5. The highest BCUT2D eigenvalue weighted by Gasteiger charge is 2.32. The maximum Gasteiger partial charge on any atom is 0.416 e. The van der Waals surface area contributed by atoms with Gasteiger partial charge in [-0.2, -0.15) is 13.2 Å². The summed E-state index contributed by atoms with van der Waals surface area (Å²) in [7, 11) is 3.18. The average molecular weight is 394 g/mol. The molecule has 0 amide bonds. The van der Waals surface area contributed by atoms with Crippen LogP contribution in [0.1, 0.15) is 29.2 Å². The van der Waals surface area contributed by atoms with Crippen molar-refractivity contribution in [1.82, 2.24) is 10.2 Å². The molecular formula is C21H25F3N2O2. The van der Waals surface area contributed by atoms with Crippen LogP contribution >= 0.6 is 0 Å². The number of benzene rings is 2. The molecule has 0 radical (unpaired) electrons. The minimum atomic E-state index is -4.36. The van der Waals surface area contributed by atoms with Crippen LogP contribution in [0.5, 0.6) is 11.5 Å². The molecule has 0 spiro atoms. The smallest absolute Gasteiger partial charge is 0.416 e. The summed E-state index contributed by atoms with van der Waals surface area (Å²) < 4.78 is 50.3.